The van der Waals surface area contributed by atoms with Gasteiger partial charge in [0.05, 0.1) is 12.5 Å². The molecule has 0 spiro atoms. The molecule has 3 aromatic heterocycles. The summed E-state index contributed by atoms with van der Waals surface area (Å²) in [5.41, 5.74) is 2.07. The molecule has 1 amide bonds. The van der Waals surface area contributed by atoms with E-state index < -0.39 is 5.82 Å². The first-order chi connectivity index (χ1) is 17.9. The summed E-state index contributed by atoms with van der Waals surface area (Å²) in [6, 6.07) is 16.5. The Morgan fingerprint density at radius 2 is 1.95 bits per heavy atom. The van der Waals surface area contributed by atoms with Gasteiger partial charge in [-0.1, -0.05) is 29.4 Å². The molecule has 186 valence electrons. The van der Waals surface area contributed by atoms with Gasteiger partial charge >= 0.3 is 0 Å². The van der Waals surface area contributed by atoms with E-state index in [1.165, 1.54) is 24.4 Å². The van der Waals surface area contributed by atoms with Gasteiger partial charge in [0.2, 0.25) is 17.2 Å². The number of carbonyl (C=O) groups is 1. The van der Waals surface area contributed by atoms with Crippen LogP contribution in [-0.4, -0.2) is 32.7 Å². The van der Waals surface area contributed by atoms with Gasteiger partial charge in [-0.15, -0.1) is 0 Å². The fraction of sp³-hybridized carbons (Fsp3) is 0.148. The molecule has 0 saturated heterocycles. The van der Waals surface area contributed by atoms with Crippen LogP contribution in [0.4, 0.5) is 4.39 Å². The summed E-state index contributed by atoms with van der Waals surface area (Å²) in [5, 5.41) is 7.08. The van der Waals surface area contributed by atoms with E-state index in [1.807, 2.05) is 24.3 Å². The average Bonchev–Trinajstić information content (AvgIpc) is 3.39. The molecule has 1 N–H and O–H groups in total. The Labute approximate surface area is 210 Å². The predicted octanol–water partition coefficient (Wildman–Crippen LogP) is 3.89. The number of hydrogen-bond donors (Lipinski definition) is 1. The van der Waals surface area contributed by atoms with Crippen LogP contribution in [0.2, 0.25) is 0 Å². The van der Waals surface area contributed by atoms with Crippen molar-refractivity contribution in [1.82, 2.24) is 25.0 Å². The van der Waals surface area contributed by atoms with E-state index in [1.54, 1.807) is 36.8 Å². The van der Waals surface area contributed by atoms with Gasteiger partial charge in [-0.2, -0.15) is 4.98 Å². The molecule has 10 heteroatoms. The third kappa shape index (κ3) is 5.08. The van der Waals surface area contributed by atoms with Crippen molar-refractivity contribution >= 4 is 16.9 Å². The lowest BCUT2D eigenvalue weighted by molar-refractivity contribution is -0.121. The average molecular weight is 500 g/mol. The molecule has 9 nitrogen and oxygen atoms in total. The Hall–Kier alpha value is -4.86. The van der Waals surface area contributed by atoms with Gasteiger partial charge in [0.1, 0.15) is 29.3 Å². The zero-order valence-corrected chi connectivity index (χ0v) is 20.1. The summed E-state index contributed by atoms with van der Waals surface area (Å²) in [6.45, 7) is 2.00. The number of methoxy groups -OCH3 is 1. The Balaban J connectivity index is 1.48. The molecule has 2 aromatic carbocycles. The quantitative estimate of drug-likeness (QED) is 0.362. The van der Waals surface area contributed by atoms with Crippen LogP contribution in [0.3, 0.4) is 0 Å². The molecular formula is C27H22FN5O4. The van der Waals surface area contributed by atoms with Crippen LogP contribution in [0.1, 0.15) is 11.3 Å². The van der Waals surface area contributed by atoms with E-state index in [-0.39, 0.29) is 35.2 Å². The number of hydrogen-bond acceptors (Lipinski definition) is 7. The molecule has 3 heterocycles. The summed E-state index contributed by atoms with van der Waals surface area (Å²) in [7, 11) is 1.58. The minimum absolute atomic E-state index is 0.0442. The minimum Gasteiger partial charge on any atom is -0.497 e. The van der Waals surface area contributed by atoms with E-state index in [9.17, 15) is 14.0 Å². The number of halogens is 1. The maximum Gasteiger partial charge on any atom is 0.263 e. The lowest BCUT2D eigenvalue weighted by atomic mass is 10.1. The summed E-state index contributed by atoms with van der Waals surface area (Å²) in [5.74, 6) is 0.0573. The maximum absolute atomic E-state index is 13.6. The smallest absolute Gasteiger partial charge is 0.263 e. The van der Waals surface area contributed by atoms with Gasteiger partial charge in [-0.3, -0.25) is 9.59 Å². The van der Waals surface area contributed by atoms with Crippen molar-refractivity contribution in [3.63, 3.8) is 0 Å². The van der Waals surface area contributed by atoms with Crippen molar-refractivity contribution in [2.45, 2.75) is 20.0 Å². The second-order valence-electron chi connectivity index (χ2n) is 8.39. The number of benzene rings is 2. The predicted molar refractivity (Wildman–Crippen MR) is 134 cm³/mol. The van der Waals surface area contributed by atoms with E-state index in [2.05, 4.69) is 20.4 Å². The number of aryl methyl sites for hydroxylation is 1. The van der Waals surface area contributed by atoms with Crippen LogP contribution < -0.4 is 15.5 Å². The van der Waals surface area contributed by atoms with Crippen LogP contribution in [0.25, 0.3) is 33.9 Å². The minimum atomic E-state index is -0.446. The fourth-order valence-electron chi connectivity index (χ4n) is 3.90. The zero-order chi connectivity index (χ0) is 25.9. The van der Waals surface area contributed by atoms with Crippen molar-refractivity contribution in [3.05, 3.63) is 94.2 Å². The van der Waals surface area contributed by atoms with Gasteiger partial charge in [-0.05, 0) is 48.9 Å². The second kappa shape index (κ2) is 10.0. The van der Waals surface area contributed by atoms with Crippen LogP contribution >= 0.6 is 0 Å². The Bertz CT molecular complexity index is 1680. The fourth-order valence-corrected chi connectivity index (χ4v) is 3.90. The van der Waals surface area contributed by atoms with E-state index >= 15 is 0 Å². The largest absolute Gasteiger partial charge is 0.497 e. The number of carbonyl (C=O) groups excluding carboxylic acids is 1. The highest BCUT2D eigenvalue weighted by molar-refractivity contribution is 5.83. The number of nitrogens with zero attached hydrogens (tertiary/aromatic N) is 4. The number of nitrogens with one attached hydrogen (secondary N) is 1. The summed E-state index contributed by atoms with van der Waals surface area (Å²) in [6.07, 6.45) is 1.48. The van der Waals surface area contributed by atoms with Crippen molar-refractivity contribution < 1.29 is 18.4 Å². The first-order valence-corrected chi connectivity index (χ1v) is 11.4. The molecule has 0 bridgehead atoms. The number of amides is 1. The SMILES string of the molecule is COc1cccc(CNC(=O)Cn2cc(-c3nc(-c4cccc(F)c4)no3)c(=O)c3ccc(C)nc32)c1. The van der Waals surface area contributed by atoms with Gasteiger partial charge < -0.3 is 19.1 Å². The van der Waals surface area contributed by atoms with Gasteiger partial charge in [0.15, 0.2) is 0 Å². The molecule has 0 radical (unpaired) electrons. The molecule has 0 aliphatic carbocycles. The Kier molecular flexibility index (Phi) is 6.46. The topological polar surface area (TPSA) is 112 Å². The number of fused-ring (bicyclic) bond motifs is 1. The van der Waals surface area contributed by atoms with Crippen molar-refractivity contribution in [2.24, 2.45) is 0 Å². The summed E-state index contributed by atoms with van der Waals surface area (Å²) in [4.78, 5) is 34.9. The maximum atomic E-state index is 13.6. The molecule has 0 unspecified atom stereocenters. The zero-order valence-electron chi connectivity index (χ0n) is 20.1. The molecular weight excluding hydrogens is 477 g/mol. The molecule has 0 aliphatic heterocycles. The molecule has 0 aliphatic rings. The second-order valence-corrected chi connectivity index (χ2v) is 8.39. The van der Waals surface area contributed by atoms with Crippen LogP contribution in [-0.2, 0) is 17.9 Å². The van der Waals surface area contributed by atoms with Crippen molar-refractivity contribution in [3.8, 4) is 28.6 Å². The first kappa shape index (κ1) is 23.9. The van der Waals surface area contributed by atoms with E-state index in [0.29, 0.717) is 34.6 Å². The lowest BCUT2D eigenvalue weighted by Crippen LogP contribution is -2.28. The Morgan fingerprint density at radius 1 is 1.11 bits per heavy atom. The highest BCUT2D eigenvalue weighted by Gasteiger charge is 2.19. The van der Waals surface area contributed by atoms with Crippen LogP contribution in [0.5, 0.6) is 5.75 Å². The van der Waals surface area contributed by atoms with Gasteiger partial charge in [0.25, 0.3) is 5.89 Å². The van der Waals surface area contributed by atoms with Crippen molar-refractivity contribution in [1.29, 1.82) is 0 Å². The molecule has 5 aromatic rings. The highest BCUT2D eigenvalue weighted by atomic mass is 19.1. The number of rotatable bonds is 7. The van der Waals surface area contributed by atoms with Gasteiger partial charge in [0, 0.05) is 24.0 Å². The summed E-state index contributed by atoms with van der Waals surface area (Å²) >= 11 is 0. The molecule has 37 heavy (non-hydrogen) atoms. The van der Waals surface area contributed by atoms with E-state index in [0.717, 1.165) is 5.56 Å². The van der Waals surface area contributed by atoms with Gasteiger partial charge in [-0.25, -0.2) is 9.37 Å². The lowest BCUT2D eigenvalue weighted by Gasteiger charge is -2.13. The third-order valence-corrected chi connectivity index (χ3v) is 5.74. The standard InChI is InChI=1S/C27H22FN5O4/c1-16-9-10-21-24(35)22(27-31-25(32-37-27)18-6-4-7-19(28)12-18)14-33(26(21)30-16)15-23(34)29-13-17-5-3-8-20(11-17)36-2/h3-12,14H,13,15H2,1-2H3,(H,29,34). The first-order valence-electron chi connectivity index (χ1n) is 11.4. The third-order valence-electron chi connectivity index (χ3n) is 5.74. The van der Waals surface area contributed by atoms with Crippen LogP contribution in [0.15, 0.2) is 76.2 Å². The molecule has 5 rings (SSSR count). The molecule has 0 fully saturated rings. The number of ether oxygens (including phenoxy) is 1. The monoisotopic (exact) mass is 499 g/mol. The Morgan fingerprint density at radius 3 is 2.76 bits per heavy atom. The number of pyridine rings is 2. The number of aromatic nitrogens is 4. The van der Waals surface area contributed by atoms with E-state index in [4.69, 9.17) is 9.26 Å². The molecule has 0 saturated carbocycles. The molecule has 0 atom stereocenters. The summed E-state index contributed by atoms with van der Waals surface area (Å²) < 4.78 is 25.8. The normalized spacial score (nSPS) is 11.0. The highest BCUT2D eigenvalue weighted by Crippen LogP contribution is 2.23. The van der Waals surface area contributed by atoms with Crippen molar-refractivity contribution in [2.75, 3.05) is 7.11 Å². The van der Waals surface area contributed by atoms with Crippen LogP contribution in [0, 0.1) is 12.7 Å².